The number of benzene rings is 2. The fourth-order valence-electron chi connectivity index (χ4n) is 2.50. The first-order valence-corrected chi connectivity index (χ1v) is 8.22. The summed E-state index contributed by atoms with van der Waals surface area (Å²) < 4.78 is 0. The number of nitrogens with one attached hydrogen (secondary N) is 2. The van der Waals surface area contributed by atoms with Gasteiger partial charge >= 0.3 is 0 Å². The summed E-state index contributed by atoms with van der Waals surface area (Å²) in [4.78, 5) is 12.4. The maximum Gasteiger partial charge on any atom is 0.241 e. The number of hydrogen-bond donors (Lipinski definition) is 2. The van der Waals surface area contributed by atoms with Crippen molar-refractivity contribution in [2.24, 2.45) is 5.92 Å². The molecule has 2 atom stereocenters. The Kier molecular flexibility index (Phi) is 6.20. The van der Waals surface area contributed by atoms with E-state index in [0.717, 1.165) is 0 Å². The predicted molar refractivity (Wildman–Crippen MR) is 96.7 cm³/mol. The van der Waals surface area contributed by atoms with Crippen molar-refractivity contribution < 1.29 is 4.79 Å². The fraction of sp³-hybridized carbons (Fsp3) is 0.316. The van der Waals surface area contributed by atoms with Gasteiger partial charge < -0.3 is 5.32 Å². The summed E-state index contributed by atoms with van der Waals surface area (Å²) in [6.07, 6.45) is 0. The number of anilines is 1. The number of carbonyl (C=O) groups is 1. The normalized spacial score (nSPS) is 13.6. The van der Waals surface area contributed by atoms with Crippen LogP contribution < -0.4 is 10.6 Å². The van der Waals surface area contributed by atoms with Crippen molar-refractivity contribution in [1.29, 1.82) is 0 Å². The lowest BCUT2D eigenvalue weighted by Crippen LogP contribution is -2.41. The molecule has 23 heavy (non-hydrogen) atoms. The second-order valence-corrected chi connectivity index (χ2v) is 6.46. The first kappa shape index (κ1) is 17.5. The van der Waals surface area contributed by atoms with E-state index in [0.29, 0.717) is 16.6 Å². The van der Waals surface area contributed by atoms with Gasteiger partial charge in [-0.15, -0.1) is 0 Å². The molecule has 0 radical (unpaired) electrons. The van der Waals surface area contributed by atoms with E-state index in [1.165, 1.54) is 5.56 Å². The van der Waals surface area contributed by atoms with Gasteiger partial charge in [-0.1, -0.05) is 61.8 Å². The molecule has 1 amide bonds. The molecule has 0 unspecified atom stereocenters. The first-order valence-electron chi connectivity index (χ1n) is 7.85. The maximum absolute atomic E-state index is 12.4. The van der Waals surface area contributed by atoms with Gasteiger partial charge in [0, 0.05) is 16.8 Å². The van der Waals surface area contributed by atoms with Crippen molar-refractivity contribution >= 4 is 23.2 Å². The van der Waals surface area contributed by atoms with Crippen LogP contribution in [0.3, 0.4) is 0 Å². The highest BCUT2D eigenvalue weighted by molar-refractivity contribution is 6.30. The monoisotopic (exact) mass is 330 g/mol. The lowest BCUT2D eigenvalue weighted by molar-refractivity contribution is -0.118. The molecule has 0 heterocycles. The molecular formula is C19H23ClN2O. The van der Waals surface area contributed by atoms with Crippen molar-refractivity contribution in [2.45, 2.75) is 32.9 Å². The highest BCUT2D eigenvalue weighted by Gasteiger charge is 2.21. The lowest BCUT2D eigenvalue weighted by Gasteiger charge is -2.26. The van der Waals surface area contributed by atoms with E-state index in [1.807, 2.05) is 37.3 Å². The van der Waals surface area contributed by atoms with E-state index < -0.39 is 0 Å². The van der Waals surface area contributed by atoms with Crippen LogP contribution in [0, 0.1) is 5.92 Å². The van der Waals surface area contributed by atoms with Crippen molar-refractivity contribution in [1.82, 2.24) is 5.32 Å². The minimum atomic E-state index is -0.318. The van der Waals surface area contributed by atoms with Gasteiger partial charge in [-0.25, -0.2) is 0 Å². The zero-order valence-corrected chi connectivity index (χ0v) is 14.5. The summed E-state index contributed by atoms with van der Waals surface area (Å²) in [7, 11) is 0. The average molecular weight is 331 g/mol. The Balaban J connectivity index is 2.03. The molecule has 2 aromatic rings. The average Bonchev–Trinajstić information content (AvgIpc) is 2.52. The quantitative estimate of drug-likeness (QED) is 0.809. The summed E-state index contributed by atoms with van der Waals surface area (Å²) in [6, 6.07) is 17.2. The molecule has 0 saturated heterocycles. The van der Waals surface area contributed by atoms with Crippen molar-refractivity contribution in [3.8, 4) is 0 Å². The molecule has 0 aliphatic carbocycles. The first-order chi connectivity index (χ1) is 11.0. The summed E-state index contributed by atoms with van der Waals surface area (Å²) in [5.74, 6) is 0.299. The summed E-state index contributed by atoms with van der Waals surface area (Å²) in [6.45, 7) is 6.16. The topological polar surface area (TPSA) is 41.1 Å². The summed E-state index contributed by atoms with van der Waals surface area (Å²) >= 11 is 5.95. The molecule has 0 aliphatic rings. The summed E-state index contributed by atoms with van der Waals surface area (Å²) in [5.41, 5.74) is 1.89. The number of carbonyl (C=O) groups excluding carboxylic acids is 1. The van der Waals surface area contributed by atoms with Crippen molar-refractivity contribution in [3.63, 3.8) is 0 Å². The molecule has 2 N–H and O–H groups in total. The van der Waals surface area contributed by atoms with Crippen LogP contribution in [0.2, 0.25) is 5.02 Å². The Morgan fingerprint density at radius 1 is 1.00 bits per heavy atom. The Hall–Kier alpha value is -1.84. The molecule has 0 bridgehead atoms. The van der Waals surface area contributed by atoms with Crippen LogP contribution in [0.15, 0.2) is 54.6 Å². The molecule has 0 spiro atoms. The lowest BCUT2D eigenvalue weighted by atomic mass is 9.95. The zero-order chi connectivity index (χ0) is 16.8. The van der Waals surface area contributed by atoms with Gasteiger partial charge in [-0.05, 0) is 36.6 Å². The van der Waals surface area contributed by atoms with Crippen LogP contribution in [0.5, 0.6) is 0 Å². The highest BCUT2D eigenvalue weighted by Crippen LogP contribution is 2.22. The number of halogens is 1. The summed E-state index contributed by atoms with van der Waals surface area (Å²) in [5, 5.41) is 6.92. The fourth-order valence-corrected chi connectivity index (χ4v) is 2.69. The van der Waals surface area contributed by atoms with Gasteiger partial charge in [0.2, 0.25) is 5.91 Å². The number of hydrogen-bond acceptors (Lipinski definition) is 2. The van der Waals surface area contributed by atoms with E-state index in [2.05, 4.69) is 36.6 Å². The van der Waals surface area contributed by atoms with Crippen LogP contribution in [0.25, 0.3) is 0 Å². The Morgan fingerprint density at radius 3 is 2.30 bits per heavy atom. The molecule has 2 aromatic carbocycles. The van der Waals surface area contributed by atoms with E-state index in [-0.39, 0.29) is 18.0 Å². The molecular weight excluding hydrogens is 308 g/mol. The third kappa shape index (κ3) is 5.08. The molecule has 0 aromatic heterocycles. The predicted octanol–water partition coefficient (Wildman–Crippen LogP) is 4.65. The third-order valence-electron chi connectivity index (χ3n) is 3.74. The molecule has 3 nitrogen and oxygen atoms in total. The van der Waals surface area contributed by atoms with Crippen molar-refractivity contribution in [2.75, 3.05) is 5.32 Å². The molecule has 0 aliphatic heterocycles. The smallest absolute Gasteiger partial charge is 0.241 e. The minimum Gasteiger partial charge on any atom is -0.325 e. The van der Waals surface area contributed by atoms with E-state index in [1.54, 1.807) is 12.1 Å². The second kappa shape index (κ2) is 8.14. The largest absolute Gasteiger partial charge is 0.325 e. The minimum absolute atomic E-state index is 0.0751. The standard InChI is InChI=1S/C19H23ClN2O/c1-13(2)18(15-8-5-4-6-9-15)21-14(3)19(23)22-17-11-7-10-16(20)12-17/h4-14,18,21H,1-3H3,(H,22,23)/t14-,18+/m0/s1. The molecule has 0 fully saturated rings. The molecule has 2 rings (SSSR count). The van der Waals surface area contributed by atoms with Crippen molar-refractivity contribution in [3.05, 3.63) is 65.2 Å². The Morgan fingerprint density at radius 2 is 1.70 bits per heavy atom. The van der Waals surface area contributed by atoms with Gasteiger partial charge in [-0.2, -0.15) is 0 Å². The van der Waals surface area contributed by atoms with E-state index in [4.69, 9.17) is 11.6 Å². The molecule has 4 heteroatoms. The van der Waals surface area contributed by atoms with E-state index >= 15 is 0 Å². The highest BCUT2D eigenvalue weighted by atomic mass is 35.5. The maximum atomic E-state index is 12.4. The van der Waals surface area contributed by atoms with Gasteiger partial charge in [0.1, 0.15) is 0 Å². The van der Waals surface area contributed by atoms with Crippen LogP contribution in [0.1, 0.15) is 32.4 Å². The van der Waals surface area contributed by atoms with Gasteiger partial charge in [0.05, 0.1) is 6.04 Å². The number of rotatable bonds is 6. The van der Waals surface area contributed by atoms with Gasteiger partial charge in [0.15, 0.2) is 0 Å². The number of amides is 1. The van der Waals surface area contributed by atoms with Crippen LogP contribution in [-0.2, 0) is 4.79 Å². The van der Waals surface area contributed by atoms with Crippen LogP contribution in [0.4, 0.5) is 5.69 Å². The van der Waals surface area contributed by atoms with Gasteiger partial charge in [0.25, 0.3) is 0 Å². The third-order valence-corrected chi connectivity index (χ3v) is 3.98. The Labute approximate surface area is 143 Å². The zero-order valence-electron chi connectivity index (χ0n) is 13.7. The Bertz CT molecular complexity index is 643. The molecule has 122 valence electrons. The second-order valence-electron chi connectivity index (χ2n) is 6.02. The SMILES string of the molecule is CC(C)[C@@H](N[C@@H](C)C(=O)Nc1cccc(Cl)c1)c1ccccc1. The van der Waals surface area contributed by atoms with E-state index in [9.17, 15) is 4.79 Å². The van der Waals surface area contributed by atoms with Crippen LogP contribution >= 0.6 is 11.6 Å². The van der Waals surface area contributed by atoms with Gasteiger partial charge in [-0.3, -0.25) is 10.1 Å². The molecule has 0 saturated carbocycles. The van der Waals surface area contributed by atoms with Crippen LogP contribution in [-0.4, -0.2) is 11.9 Å².